The molecule has 0 bridgehead atoms. The molecule has 0 fully saturated rings. The highest BCUT2D eigenvalue weighted by atomic mass is 16.1. The van der Waals surface area contributed by atoms with E-state index in [4.69, 9.17) is 0 Å². The SMILES string of the molecule is CC(=O)NC1=CC=N[N+]2=C(C(C)(C)C)C=NC12. The zero-order chi connectivity index (χ0) is 12.6. The van der Waals surface area contributed by atoms with Crippen LogP contribution in [0.3, 0.4) is 0 Å². The van der Waals surface area contributed by atoms with Crippen molar-refractivity contribution in [3.8, 4) is 0 Å². The van der Waals surface area contributed by atoms with Gasteiger partial charge in [0, 0.05) is 6.92 Å². The maximum atomic E-state index is 11.1. The molecule has 90 valence electrons. The van der Waals surface area contributed by atoms with Gasteiger partial charge in [-0.25, -0.2) is 4.99 Å². The highest BCUT2D eigenvalue weighted by Gasteiger charge is 2.40. The van der Waals surface area contributed by atoms with E-state index >= 15 is 0 Å². The van der Waals surface area contributed by atoms with Gasteiger partial charge in [0.2, 0.25) is 11.6 Å². The fourth-order valence-electron chi connectivity index (χ4n) is 1.85. The van der Waals surface area contributed by atoms with Gasteiger partial charge in [-0.2, -0.15) is 0 Å². The van der Waals surface area contributed by atoms with Crippen molar-refractivity contribution in [1.82, 2.24) is 5.32 Å². The molecule has 0 aliphatic carbocycles. The third-order valence-electron chi connectivity index (χ3n) is 2.63. The number of allylic oxidation sites excluding steroid dienone is 1. The molecular formula is C12H17N4O+. The molecular weight excluding hydrogens is 216 g/mol. The van der Waals surface area contributed by atoms with Gasteiger partial charge < -0.3 is 5.32 Å². The lowest BCUT2D eigenvalue weighted by atomic mass is 9.90. The Labute approximate surface area is 101 Å². The van der Waals surface area contributed by atoms with Crippen LogP contribution in [0.25, 0.3) is 0 Å². The Morgan fingerprint density at radius 3 is 2.76 bits per heavy atom. The third-order valence-corrected chi connectivity index (χ3v) is 2.63. The molecule has 0 saturated heterocycles. The molecule has 17 heavy (non-hydrogen) atoms. The van der Waals surface area contributed by atoms with Crippen molar-refractivity contribution in [2.75, 3.05) is 0 Å². The number of aliphatic imine (C=N–C) groups is 1. The molecule has 0 aromatic heterocycles. The summed E-state index contributed by atoms with van der Waals surface area (Å²) >= 11 is 0. The van der Waals surface area contributed by atoms with Gasteiger partial charge in [-0.05, 0) is 11.2 Å². The number of amides is 1. The predicted molar refractivity (Wildman–Crippen MR) is 67.4 cm³/mol. The number of rotatable bonds is 1. The topological polar surface area (TPSA) is 56.8 Å². The molecule has 0 radical (unpaired) electrons. The summed E-state index contributed by atoms with van der Waals surface area (Å²) < 4.78 is 1.85. The van der Waals surface area contributed by atoms with Crippen LogP contribution in [0.5, 0.6) is 0 Å². The molecule has 2 aliphatic heterocycles. The molecule has 2 aliphatic rings. The molecule has 2 heterocycles. The Morgan fingerprint density at radius 2 is 2.18 bits per heavy atom. The average Bonchev–Trinajstić information content (AvgIpc) is 2.60. The second kappa shape index (κ2) is 3.91. The predicted octanol–water partition coefficient (Wildman–Crippen LogP) is 0.916. The van der Waals surface area contributed by atoms with E-state index in [1.54, 1.807) is 12.3 Å². The first-order chi connectivity index (χ1) is 7.89. The average molecular weight is 233 g/mol. The van der Waals surface area contributed by atoms with E-state index < -0.39 is 0 Å². The molecule has 0 spiro atoms. The molecule has 1 N–H and O–H groups in total. The van der Waals surface area contributed by atoms with Gasteiger partial charge in [-0.3, -0.25) is 4.79 Å². The molecule has 1 atom stereocenters. The van der Waals surface area contributed by atoms with Gasteiger partial charge in [0.25, 0.3) is 0 Å². The van der Waals surface area contributed by atoms with Crippen molar-refractivity contribution in [3.05, 3.63) is 11.8 Å². The fraction of sp³-hybridized carbons (Fsp3) is 0.500. The molecule has 5 nitrogen and oxygen atoms in total. The fourth-order valence-corrected chi connectivity index (χ4v) is 1.85. The minimum atomic E-state index is -0.224. The Balaban J connectivity index is 2.35. The summed E-state index contributed by atoms with van der Waals surface area (Å²) in [5.41, 5.74) is 1.80. The summed E-state index contributed by atoms with van der Waals surface area (Å²) in [6, 6.07) is 0. The third kappa shape index (κ3) is 2.18. The molecule has 1 amide bonds. The second-order valence-electron chi connectivity index (χ2n) is 5.20. The first-order valence-corrected chi connectivity index (χ1v) is 5.61. The van der Waals surface area contributed by atoms with Gasteiger partial charge in [-0.1, -0.05) is 25.5 Å². The first-order valence-electron chi connectivity index (χ1n) is 5.61. The minimum Gasteiger partial charge on any atom is -0.322 e. The van der Waals surface area contributed by atoms with E-state index in [-0.39, 0.29) is 17.5 Å². The standard InChI is InChI=1S/C12H16N4O/c1-8(17)15-9-5-6-14-16-10(12(2,3)4)7-13-11(9)16/h5-7,11H,1-4H3/p+1. The van der Waals surface area contributed by atoms with Gasteiger partial charge in [0.15, 0.2) is 0 Å². The summed E-state index contributed by atoms with van der Waals surface area (Å²) in [6.07, 6.45) is 5.08. The van der Waals surface area contributed by atoms with E-state index in [9.17, 15) is 4.79 Å². The maximum absolute atomic E-state index is 11.1. The number of hydrogen-bond donors (Lipinski definition) is 1. The Hall–Kier alpha value is -1.78. The van der Waals surface area contributed by atoms with Crippen LogP contribution in [0.15, 0.2) is 21.9 Å². The summed E-state index contributed by atoms with van der Waals surface area (Å²) in [6.45, 7) is 7.83. The number of nitrogens with zero attached hydrogens (tertiary/aromatic N) is 3. The lowest BCUT2D eigenvalue weighted by molar-refractivity contribution is -0.559. The van der Waals surface area contributed by atoms with Crippen LogP contribution in [0.1, 0.15) is 27.7 Å². The van der Waals surface area contributed by atoms with E-state index in [0.29, 0.717) is 0 Å². The van der Waals surface area contributed by atoms with Crippen molar-refractivity contribution in [2.45, 2.75) is 33.9 Å². The number of hydrogen-bond acceptors (Lipinski definition) is 3. The molecule has 5 heteroatoms. The zero-order valence-electron chi connectivity index (χ0n) is 10.6. The number of carbonyl (C=O) groups excluding carboxylic acids is 1. The van der Waals surface area contributed by atoms with Crippen molar-refractivity contribution in [1.29, 1.82) is 0 Å². The Kier molecular flexibility index (Phi) is 2.69. The summed E-state index contributed by atoms with van der Waals surface area (Å²) in [7, 11) is 0. The van der Waals surface area contributed by atoms with Crippen molar-refractivity contribution < 1.29 is 9.48 Å². The number of hydrazone groups is 1. The molecule has 2 rings (SSSR count). The van der Waals surface area contributed by atoms with E-state index in [1.165, 1.54) is 6.92 Å². The van der Waals surface area contributed by atoms with Gasteiger partial charge in [0.1, 0.15) is 5.70 Å². The Bertz CT molecular complexity index is 477. The van der Waals surface area contributed by atoms with Crippen LogP contribution in [0.4, 0.5) is 0 Å². The van der Waals surface area contributed by atoms with Gasteiger partial charge in [0.05, 0.1) is 17.8 Å². The second-order valence-corrected chi connectivity index (χ2v) is 5.20. The summed E-state index contributed by atoms with van der Waals surface area (Å²) in [5.74, 6) is -0.0918. The monoisotopic (exact) mass is 233 g/mol. The lowest BCUT2D eigenvalue weighted by Gasteiger charge is -2.15. The van der Waals surface area contributed by atoms with Crippen LogP contribution in [0, 0.1) is 5.41 Å². The number of fused-ring (bicyclic) bond motifs is 1. The van der Waals surface area contributed by atoms with Crippen LogP contribution in [-0.2, 0) is 4.79 Å². The lowest BCUT2D eigenvalue weighted by Crippen LogP contribution is -2.37. The van der Waals surface area contributed by atoms with E-state index in [2.05, 4.69) is 36.2 Å². The van der Waals surface area contributed by atoms with Crippen molar-refractivity contribution >= 4 is 24.0 Å². The highest BCUT2D eigenvalue weighted by Crippen LogP contribution is 2.22. The van der Waals surface area contributed by atoms with Crippen LogP contribution in [-0.4, -0.2) is 34.9 Å². The zero-order valence-corrected chi connectivity index (χ0v) is 10.6. The van der Waals surface area contributed by atoms with Crippen molar-refractivity contribution in [3.63, 3.8) is 0 Å². The van der Waals surface area contributed by atoms with Crippen LogP contribution in [0.2, 0.25) is 0 Å². The first kappa shape index (κ1) is 11.7. The van der Waals surface area contributed by atoms with Crippen LogP contribution >= 0.6 is 0 Å². The van der Waals surface area contributed by atoms with Gasteiger partial charge >= 0.3 is 6.17 Å². The Morgan fingerprint density at radius 1 is 1.47 bits per heavy atom. The molecule has 1 unspecified atom stereocenters. The largest absolute Gasteiger partial charge is 0.322 e. The van der Waals surface area contributed by atoms with E-state index in [1.807, 2.05) is 10.9 Å². The van der Waals surface area contributed by atoms with E-state index in [0.717, 1.165) is 11.4 Å². The smallest absolute Gasteiger partial charge is 0.317 e. The number of carbonyl (C=O) groups is 1. The number of nitrogens with one attached hydrogen (secondary N) is 1. The van der Waals surface area contributed by atoms with Gasteiger partial charge in [-0.15, -0.1) is 0 Å². The quantitative estimate of drug-likeness (QED) is 0.673. The highest BCUT2D eigenvalue weighted by molar-refractivity contribution is 6.31. The van der Waals surface area contributed by atoms with Crippen LogP contribution < -0.4 is 5.32 Å². The summed E-state index contributed by atoms with van der Waals surface area (Å²) in [4.78, 5) is 15.5. The molecule has 0 aromatic carbocycles. The molecule has 0 saturated carbocycles. The normalized spacial score (nSPS) is 22.6. The minimum absolute atomic E-state index is 0.0196. The maximum Gasteiger partial charge on any atom is 0.317 e. The summed E-state index contributed by atoms with van der Waals surface area (Å²) in [5, 5.41) is 7.10. The molecule has 0 aromatic rings. The van der Waals surface area contributed by atoms with Crippen molar-refractivity contribution in [2.24, 2.45) is 15.5 Å².